The van der Waals surface area contributed by atoms with Crippen molar-refractivity contribution in [2.75, 3.05) is 6.54 Å². The first kappa shape index (κ1) is 20.6. The van der Waals surface area contributed by atoms with Crippen LogP contribution in [0, 0.1) is 11.3 Å². The molecule has 0 aliphatic heterocycles. The molecule has 0 radical (unpaired) electrons. The van der Waals surface area contributed by atoms with Crippen molar-refractivity contribution in [2.45, 2.75) is 56.9 Å². The fraction of sp³-hybridized carbons (Fsp3) is 0.500. The van der Waals surface area contributed by atoms with E-state index in [0.717, 1.165) is 0 Å². The predicted octanol–water partition coefficient (Wildman–Crippen LogP) is 1.83. The Hall–Kier alpha value is -3.12. The monoisotopic (exact) mass is 396 g/mol. The number of amides is 1. The van der Waals surface area contributed by atoms with Gasteiger partial charge >= 0.3 is 0 Å². The summed E-state index contributed by atoms with van der Waals surface area (Å²) in [6, 6.07) is 2.16. The number of imidazole rings is 1. The first-order valence-corrected chi connectivity index (χ1v) is 10.0. The Labute approximate surface area is 170 Å². The van der Waals surface area contributed by atoms with E-state index in [1.807, 2.05) is 0 Å². The molecule has 29 heavy (non-hydrogen) atoms. The van der Waals surface area contributed by atoms with E-state index in [4.69, 9.17) is 16.8 Å². The molecule has 2 saturated carbocycles. The lowest BCUT2D eigenvalue weighted by Gasteiger charge is -2.19. The molecule has 2 aliphatic rings. The number of nitrogens with zero attached hydrogens (tertiary/aromatic N) is 5. The highest BCUT2D eigenvalue weighted by molar-refractivity contribution is 5.92. The standard InChI is InChI=1S/C14H16N8O.C6H12/c15-9-14(1-2-14)22(17)7-10(16)5-19-13(23)11-8-21-4-3-18-6-12(21)20-11;1-2-4-6-5-3-1/h3-4,6-8H,1-2,5,16-17H2,(H,19,23);1-6H2/b10-7-;. The highest BCUT2D eigenvalue weighted by Crippen LogP contribution is 2.39. The molecule has 0 bridgehead atoms. The summed E-state index contributed by atoms with van der Waals surface area (Å²) in [5, 5.41) is 13.0. The van der Waals surface area contributed by atoms with Crippen molar-refractivity contribution in [1.82, 2.24) is 24.7 Å². The lowest BCUT2D eigenvalue weighted by Crippen LogP contribution is -2.39. The molecule has 0 unspecified atom stereocenters. The molecule has 0 spiro atoms. The number of nitrogens with two attached hydrogens (primary N) is 2. The van der Waals surface area contributed by atoms with Crippen molar-refractivity contribution in [3.05, 3.63) is 42.4 Å². The van der Waals surface area contributed by atoms with Crippen LogP contribution in [0.2, 0.25) is 0 Å². The highest BCUT2D eigenvalue weighted by atomic mass is 16.1. The lowest BCUT2D eigenvalue weighted by atomic mass is 10.0. The fourth-order valence-electron chi connectivity index (χ4n) is 3.18. The third-order valence-corrected chi connectivity index (χ3v) is 5.18. The fourth-order valence-corrected chi connectivity index (χ4v) is 3.18. The van der Waals surface area contributed by atoms with E-state index in [0.29, 0.717) is 24.2 Å². The van der Waals surface area contributed by atoms with Gasteiger partial charge in [0.05, 0.1) is 18.8 Å². The van der Waals surface area contributed by atoms with E-state index >= 15 is 0 Å². The number of rotatable bonds is 5. The van der Waals surface area contributed by atoms with Crippen LogP contribution in [0.3, 0.4) is 0 Å². The number of fused-ring (bicyclic) bond motifs is 1. The molecule has 0 aromatic carbocycles. The summed E-state index contributed by atoms with van der Waals surface area (Å²) in [5.41, 5.74) is 6.39. The van der Waals surface area contributed by atoms with E-state index < -0.39 is 5.54 Å². The van der Waals surface area contributed by atoms with Gasteiger partial charge in [-0.2, -0.15) is 5.26 Å². The third kappa shape index (κ3) is 5.45. The average Bonchev–Trinajstić information content (AvgIpc) is 3.45. The largest absolute Gasteiger partial charge is 0.399 e. The van der Waals surface area contributed by atoms with Crippen molar-refractivity contribution in [2.24, 2.45) is 11.6 Å². The molecular weight excluding hydrogens is 368 g/mol. The second-order valence-corrected chi connectivity index (χ2v) is 7.53. The molecule has 4 rings (SSSR count). The molecule has 9 nitrogen and oxygen atoms in total. The Morgan fingerprint density at radius 2 is 1.97 bits per heavy atom. The molecule has 2 aliphatic carbocycles. The van der Waals surface area contributed by atoms with Crippen LogP contribution in [-0.2, 0) is 0 Å². The van der Waals surface area contributed by atoms with Gasteiger partial charge in [0.2, 0.25) is 0 Å². The van der Waals surface area contributed by atoms with Gasteiger partial charge < -0.3 is 15.5 Å². The molecule has 0 atom stereocenters. The minimum Gasteiger partial charge on any atom is -0.399 e. The third-order valence-electron chi connectivity index (χ3n) is 5.18. The minimum absolute atomic E-state index is 0.111. The zero-order valence-corrected chi connectivity index (χ0v) is 16.5. The van der Waals surface area contributed by atoms with E-state index in [1.54, 1.807) is 29.2 Å². The molecule has 2 aromatic heterocycles. The summed E-state index contributed by atoms with van der Waals surface area (Å²) in [6.45, 7) is 0.111. The van der Waals surface area contributed by atoms with Crippen LogP contribution in [0.15, 0.2) is 36.7 Å². The maximum absolute atomic E-state index is 12.1. The maximum Gasteiger partial charge on any atom is 0.271 e. The molecule has 2 fully saturated rings. The molecular formula is C20H28N8O. The lowest BCUT2D eigenvalue weighted by molar-refractivity contribution is 0.0952. The number of hydrogen-bond acceptors (Lipinski definition) is 7. The zero-order chi connectivity index (χ0) is 20.7. The van der Waals surface area contributed by atoms with Gasteiger partial charge in [0.15, 0.2) is 5.65 Å². The first-order valence-electron chi connectivity index (χ1n) is 10.0. The van der Waals surface area contributed by atoms with Gasteiger partial charge in [0.1, 0.15) is 11.2 Å². The number of nitrogens with one attached hydrogen (secondary N) is 1. The van der Waals surface area contributed by atoms with Gasteiger partial charge in [-0.15, -0.1) is 0 Å². The van der Waals surface area contributed by atoms with Crippen LogP contribution in [0.1, 0.15) is 61.9 Å². The van der Waals surface area contributed by atoms with Gasteiger partial charge in [-0.1, -0.05) is 38.5 Å². The van der Waals surface area contributed by atoms with Crippen LogP contribution in [-0.4, -0.2) is 37.4 Å². The van der Waals surface area contributed by atoms with Crippen molar-refractivity contribution in [3.63, 3.8) is 0 Å². The summed E-state index contributed by atoms with van der Waals surface area (Å²) in [6.07, 6.45) is 18.4. The second kappa shape index (κ2) is 9.39. The zero-order valence-electron chi connectivity index (χ0n) is 16.5. The number of aromatic nitrogens is 3. The normalized spacial score (nSPS) is 17.6. The van der Waals surface area contributed by atoms with Gasteiger partial charge in [0.25, 0.3) is 5.91 Å². The van der Waals surface area contributed by atoms with Crippen LogP contribution >= 0.6 is 0 Å². The minimum atomic E-state index is -0.650. The van der Waals surface area contributed by atoms with Gasteiger partial charge in [-0.25, -0.2) is 10.8 Å². The van der Waals surface area contributed by atoms with Crippen molar-refractivity contribution in [1.29, 1.82) is 5.26 Å². The summed E-state index contributed by atoms with van der Waals surface area (Å²) >= 11 is 0. The van der Waals surface area contributed by atoms with Crippen molar-refractivity contribution >= 4 is 11.6 Å². The molecule has 2 heterocycles. The van der Waals surface area contributed by atoms with Gasteiger partial charge in [-0.05, 0) is 12.8 Å². The topological polar surface area (TPSA) is 138 Å². The van der Waals surface area contributed by atoms with E-state index in [9.17, 15) is 4.79 Å². The highest BCUT2D eigenvalue weighted by Gasteiger charge is 2.47. The number of carbonyl (C=O) groups excluding carboxylic acids is 1. The van der Waals surface area contributed by atoms with Gasteiger partial charge in [0, 0.05) is 30.5 Å². The number of hydrazine groups is 1. The second-order valence-electron chi connectivity index (χ2n) is 7.53. The quantitative estimate of drug-likeness (QED) is 0.517. The Bertz CT molecular complexity index is 860. The Kier molecular flexibility index (Phi) is 6.67. The summed E-state index contributed by atoms with van der Waals surface area (Å²) in [4.78, 5) is 20.2. The van der Waals surface area contributed by atoms with Crippen LogP contribution in [0.25, 0.3) is 5.65 Å². The van der Waals surface area contributed by atoms with Crippen LogP contribution in [0.5, 0.6) is 0 Å². The maximum atomic E-state index is 12.1. The molecule has 0 saturated heterocycles. The Balaban J connectivity index is 0.000000343. The van der Waals surface area contributed by atoms with E-state index in [2.05, 4.69) is 21.4 Å². The SMILES string of the molecule is C1CCCCC1.N#CC1(N(N)/C=C(\N)CNC(=O)c2cn3ccncc3n2)CC1. The summed E-state index contributed by atoms with van der Waals surface area (Å²) < 4.78 is 1.70. The number of nitriles is 1. The van der Waals surface area contributed by atoms with Gasteiger partial charge in [-0.3, -0.25) is 14.8 Å². The van der Waals surface area contributed by atoms with E-state index in [1.165, 1.54) is 49.7 Å². The predicted molar refractivity (Wildman–Crippen MR) is 109 cm³/mol. The first-order chi connectivity index (χ1) is 14.0. The molecule has 5 N–H and O–H groups in total. The summed E-state index contributed by atoms with van der Waals surface area (Å²) in [5.74, 6) is 5.46. The van der Waals surface area contributed by atoms with E-state index in [-0.39, 0.29) is 18.1 Å². The summed E-state index contributed by atoms with van der Waals surface area (Å²) in [7, 11) is 0. The molecule has 2 aromatic rings. The van der Waals surface area contributed by atoms with Crippen LogP contribution < -0.4 is 16.9 Å². The molecule has 154 valence electrons. The van der Waals surface area contributed by atoms with Crippen molar-refractivity contribution < 1.29 is 4.79 Å². The molecule has 9 heteroatoms. The smallest absolute Gasteiger partial charge is 0.271 e. The Morgan fingerprint density at radius 3 is 2.52 bits per heavy atom. The number of carbonyl (C=O) groups is 1. The van der Waals surface area contributed by atoms with Crippen molar-refractivity contribution in [3.8, 4) is 6.07 Å². The Morgan fingerprint density at radius 1 is 1.31 bits per heavy atom. The average molecular weight is 396 g/mol. The van der Waals surface area contributed by atoms with Crippen LogP contribution in [0.4, 0.5) is 0 Å². The number of hydrogen-bond donors (Lipinski definition) is 3. The molecule has 1 amide bonds.